The maximum absolute atomic E-state index is 13.4. The largest absolute Gasteiger partial charge is 0.507 e. The molecule has 5 heteroatoms. The molecule has 0 aliphatic carbocycles. The number of phenols is 1. The normalized spacial score (nSPS) is 11.2. The molecule has 108 valence electrons. The van der Waals surface area contributed by atoms with Crippen molar-refractivity contribution in [3.63, 3.8) is 0 Å². The molecule has 2 aromatic carbocycles. The van der Waals surface area contributed by atoms with E-state index in [0.29, 0.717) is 21.9 Å². The molecule has 3 nitrogen and oxygen atoms in total. The van der Waals surface area contributed by atoms with E-state index in [1.54, 1.807) is 18.2 Å². The van der Waals surface area contributed by atoms with Gasteiger partial charge in [-0.1, -0.05) is 18.5 Å². The highest BCUT2D eigenvalue weighted by Gasteiger charge is 2.15. The van der Waals surface area contributed by atoms with Crippen molar-refractivity contribution in [3.8, 4) is 17.1 Å². The Balaban J connectivity index is 2.27. The first-order chi connectivity index (χ1) is 10.1. The van der Waals surface area contributed by atoms with Crippen molar-refractivity contribution in [2.24, 2.45) is 0 Å². The Hall–Kier alpha value is -2.07. The molecule has 0 aliphatic heterocycles. The SMILES string of the molecule is CCCn1c(-c2ccc(Cl)cc2O)nc2cc(F)ccc21. The van der Waals surface area contributed by atoms with E-state index in [4.69, 9.17) is 11.6 Å². The van der Waals surface area contributed by atoms with E-state index in [1.807, 2.05) is 4.57 Å². The van der Waals surface area contributed by atoms with Crippen molar-refractivity contribution < 1.29 is 9.50 Å². The van der Waals surface area contributed by atoms with Crippen molar-refractivity contribution in [2.45, 2.75) is 19.9 Å². The molecule has 0 amide bonds. The highest BCUT2D eigenvalue weighted by molar-refractivity contribution is 6.30. The fourth-order valence-electron chi connectivity index (χ4n) is 2.45. The Morgan fingerprint density at radius 3 is 2.76 bits per heavy atom. The van der Waals surface area contributed by atoms with Gasteiger partial charge in [0.2, 0.25) is 0 Å². The molecule has 1 N–H and O–H groups in total. The number of aromatic nitrogens is 2. The monoisotopic (exact) mass is 304 g/mol. The zero-order chi connectivity index (χ0) is 15.0. The number of halogens is 2. The molecule has 0 saturated heterocycles. The zero-order valence-corrected chi connectivity index (χ0v) is 12.2. The van der Waals surface area contributed by atoms with E-state index in [2.05, 4.69) is 11.9 Å². The molecule has 1 heterocycles. The number of fused-ring (bicyclic) bond motifs is 1. The Bertz CT molecular complexity index is 813. The van der Waals surface area contributed by atoms with Gasteiger partial charge in [0.1, 0.15) is 17.4 Å². The maximum Gasteiger partial charge on any atom is 0.144 e. The zero-order valence-electron chi connectivity index (χ0n) is 11.5. The summed E-state index contributed by atoms with van der Waals surface area (Å²) in [5, 5.41) is 10.6. The molecule has 0 saturated carbocycles. The minimum absolute atomic E-state index is 0.0654. The van der Waals surface area contributed by atoms with E-state index >= 15 is 0 Å². The summed E-state index contributed by atoms with van der Waals surface area (Å²) >= 11 is 5.87. The van der Waals surface area contributed by atoms with Crippen molar-refractivity contribution in [1.29, 1.82) is 0 Å². The average molecular weight is 305 g/mol. The maximum atomic E-state index is 13.4. The second-order valence-corrected chi connectivity index (χ2v) is 5.32. The standard InChI is InChI=1S/C16H14ClFN2O/c1-2-7-20-14-6-4-11(18)9-13(14)19-16(20)12-5-3-10(17)8-15(12)21/h3-6,8-9,21H,2,7H2,1H3. The lowest BCUT2D eigenvalue weighted by Crippen LogP contribution is -1.99. The van der Waals surface area contributed by atoms with Gasteiger partial charge in [-0.15, -0.1) is 0 Å². The van der Waals surface area contributed by atoms with E-state index < -0.39 is 0 Å². The van der Waals surface area contributed by atoms with E-state index in [0.717, 1.165) is 18.5 Å². The summed E-state index contributed by atoms with van der Waals surface area (Å²) in [6.45, 7) is 2.79. The quantitative estimate of drug-likeness (QED) is 0.767. The first kappa shape index (κ1) is 13.9. The lowest BCUT2D eigenvalue weighted by Gasteiger charge is -2.09. The molecule has 0 atom stereocenters. The van der Waals surface area contributed by atoms with Gasteiger partial charge < -0.3 is 9.67 Å². The second-order valence-electron chi connectivity index (χ2n) is 4.88. The highest BCUT2D eigenvalue weighted by Crippen LogP contribution is 2.33. The molecular weight excluding hydrogens is 291 g/mol. The topological polar surface area (TPSA) is 38.0 Å². The summed E-state index contributed by atoms with van der Waals surface area (Å²) in [6, 6.07) is 9.44. The minimum Gasteiger partial charge on any atom is -0.507 e. The van der Waals surface area contributed by atoms with Crippen LogP contribution in [0.25, 0.3) is 22.4 Å². The number of phenolic OH excluding ortho intramolecular Hbond substituents is 1. The summed E-state index contributed by atoms with van der Waals surface area (Å²) in [6.07, 6.45) is 0.907. The number of aryl methyl sites for hydroxylation is 1. The third kappa shape index (κ3) is 2.47. The van der Waals surface area contributed by atoms with Crippen LogP contribution >= 0.6 is 11.6 Å². The van der Waals surface area contributed by atoms with Crippen molar-refractivity contribution in [3.05, 3.63) is 47.2 Å². The van der Waals surface area contributed by atoms with E-state index in [9.17, 15) is 9.50 Å². The summed E-state index contributed by atoms with van der Waals surface area (Å²) < 4.78 is 15.4. The first-order valence-corrected chi connectivity index (χ1v) is 7.12. The number of benzene rings is 2. The Morgan fingerprint density at radius 2 is 2.05 bits per heavy atom. The predicted octanol–water partition coefficient (Wildman–Crippen LogP) is 4.61. The van der Waals surface area contributed by atoms with Crippen LogP contribution in [0.5, 0.6) is 5.75 Å². The van der Waals surface area contributed by atoms with Crippen molar-refractivity contribution >= 4 is 22.6 Å². The van der Waals surface area contributed by atoms with Gasteiger partial charge in [0.05, 0.1) is 16.6 Å². The summed E-state index contributed by atoms with van der Waals surface area (Å²) in [5.74, 6) is 0.359. The fourth-order valence-corrected chi connectivity index (χ4v) is 2.62. The lowest BCUT2D eigenvalue weighted by atomic mass is 10.2. The number of hydrogen-bond acceptors (Lipinski definition) is 2. The van der Waals surface area contributed by atoms with Crippen molar-refractivity contribution in [1.82, 2.24) is 9.55 Å². The van der Waals surface area contributed by atoms with Gasteiger partial charge in [-0.3, -0.25) is 0 Å². The molecule has 0 aliphatic rings. The Kier molecular flexibility index (Phi) is 3.55. The molecule has 1 aromatic heterocycles. The summed E-state index contributed by atoms with van der Waals surface area (Å²) in [4.78, 5) is 4.47. The van der Waals surface area contributed by atoms with Crippen LogP contribution in [-0.2, 0) is 6.54 Å². The van der Waals surface area contributed by atoms with Crippen LogP contribution in [0, 0.1) is 5.82 Å². The van der Waals surface area contributed by atoms with Crippen LogP contribution in [0.15, 0.2) is 36.4 Å². The van der Waals surface area contributed by atoms with Crippen LogP contribution < -0.4 is 0 Å². The van der Waals surface area contributed by atoms with Gasteiger partial charge >= 0.3 is 0 Å². The smallest absolute Gasteiger partial charge is 0.144 e. The van der Waals surface area contributed by atoms with Gasteiger partial charge in [0.25, 0.3) is 0 Å². The molecule has 21 heavy (non-hydrogen) atoms. The summed E-state index contributed by atoms with van der Waals surface area (Å²) in [7, 11) is 0. The number of hydrogen-bond donors (Lipinski definition) is 1. The molecule has 0 radical (unpaired) electrons. The second kappa shape index (κ2) is 5.37. The highest BCUT2D eigenvalue weighted by atomic mass is 35.5. The number of imidazole rings is 1. The Labute approximate surface area is 126 Å². The van der Waals surface area contributed by atoms with Crippen LogP contribution in [0.2, 0.25) is 5.02 Å². The van der Waals surface area contributed by atoms with Gasteiger partial charge in [-0.2, -0.15) is 0 Å². The molecule has 3 rings (SSSR count). The van der Waals surface area contributed by atoms with Gasteiger partial charge in [0.15, 0.2) is 0 Å². The minimum atomic E-state index is -0.324. The average Bonchev–Trinajstić information content (AvgIpc) is 2.77. The number of rotatable bonds is 3. The van der Waals surface area contributed by atoms with Crippen molar-refractivity contribution in [2.75, 3.05) is 0 Å². The van der Waals surface area contributed by atoms with E-state index in [-0.39, 0.29) is 11.6 Å². The molecular formula is C16H14ClFN2O. The fraction of sp³-hybridized carbons (Fsp3) is 0.188. The van der Waals surface area contributed by atoms with Gasteiger partial charge in [-0.25, -0.2) is 9.37 Å². The Morgan fingerprint density at radius 1 is 1.24 bits per heavy atom. The lowest BCUT2D eigenvalue weighted by molar-refractivity contribution is 0.476. The molecule has 0 spiro atoms. The van der Waals surface area contributed by atoms with Crippen LogP contribution in [0.3, 0.4) is 0 Å². The number of nitrogens with zero attached hydrogens (tertiary/aromatic N) is 2. The number of aromatic hydroxyl groups is 1. The molecule has 0 fully saturated rings. The predicted molar refractivity (Wildman–Crippen MR) is 82.1 cm³/mol. The first-order valence-electron chi connectivity index (χ1n) is 6.75. The third-order valence-corrected chi connectivity index (χ3v) is 3.59. The van der Waals surface area contributed by atoms with E-state index in [1.165, 1.54) is 18.2 Å². The molecule has 0 unspecified atom stereocenters. The van der Waals surface area contributed by atoms with Crippen LogP contribution in [0.1, 0.15) is 13.3 Å². The molecule has 0 bridgehead atoms. The third-order valence-electron chi connectivity index (χ3n) is 3.36. The molecule has 3 aromatic rings. The van der Waals surface area contributed by atoms with Gasteiger partial charge in [-0.05, 0) is 36.8 Å². The van der Waals surface area contributed by atoms with Crippen LogP contribution in [0.4, 0.5) is 4.39 Å². The summed E-state index contributed by atoms with van der Waals surface area (Å²) in [5.41, 5.74) is 2.01. The van der Waals surface area contributed by atoms with Crippen LogP contribution in [-0.4, -0.2) is 14.7 Å². The van der Waals surface area contributed by atoms with Gasteiger partial charge in [0, 0.05) is 17.6 Å².